The van der Waals surface area contributed by atoms with Crippen LogP contribution in [0.5, 0.6) is 0 Å². The Morgan fingerprint density at radius 3 is 2.14 bits per heavy atom. The third kappa shape index (κ3) is 9.63. The molecule has 0 spiro atoms. The Balaban J connectivity index is 0.000000335. The molecule has 3 aromatic heterocycles. The second-order valence-corrected chi connectivity index (χ2v) is 16.6. The minimum Gasteiger partial charge on any atom is -0.512 e. The van der Waals surface area contributed by atoms with Crippen LogP contribution in [0.4, 0.5) is 0 Å². The number of nitrogens with zero attached hydrogens (tertiary/aromatic N) is 2. The van der Waals surface area contributed by atoms with Crippen LogP contribution in [-0.2, 0) is 36.7 Å². The van der Waals surface area contributed by atoms with Crippen LogP contribution in [0.3, 0.4) is 0 Å². The zero-order chi connectivity index (χ0) is 36.9. The molecule has 5 aromatic rings. The van der Waals surface area contributed by atoms with Gasteiger partial charge in [0.2, 0.25) is 0 Å². The maximum atomic E-state index is 12.2. The van der Waals surface area contributed by atoms with Gasteiger partial charge < -0.3 is 5.11 Å². The van der Waals surface area contributed by atoms with Crippen molar-refractivity contribution in [3.8, 4) is 22.5 Å². The topological polar surface area (TPSA) is 63.1 Å². The third-order valence-electron chi connectivity index (χ3n) is 10.7. The number of aromatic nitrogens is 2. The molecule has 0 unspecified atom stereocenters. The number of hydrogen-bond donors (Lipinski definition) is 1. The molecule has 51 heavy (non-hydrogen) atoms. The zero-order valence-electron chi connectivity index (χ0n) is 32.5. The van der Waals surface area contributed by atoms with E-state index in [0.29, 0.717) is 5.92 Å². The quantitative estimate of drug-likeness (QED) is 0.0815. The summed E-state index contributed by atoms with van der Waals surface area (Å²) < 4.78 is 1.25. The molecule has 3 heterocycles. The molecule has 2 aromatic carbocycles. The first kappa shape index (κ1) is 42.2. The van der Waals surface area contributed by atoms with Crippen LogP contribution in [0, 0.1) is 22.8 Å². The number of aliphatic hydroxyl groups is 1. The smallest absolute Gasteiger partial charge is 0.164 e. The Labute approximate surface area is 324 Å². The predicted molar refractivity (Wildman–Crippen MR) is 215 cm³/mol. The molecule has 0 saturated heterocycles. The number of pyridine rings is 2. The Morgan fingerprint density at radius 1 is 0.882 bits per heavy atom. The summed E-state index contributed by atoms with van der Waals surface area (Å²) in [6.07, 6.45) is 9.76. The number of carbonyl (C=O) groups is 1. The number of aliphatic hydroxyl groups excluding tert-OH is 1. The van der Waals surface area contributed by atoms with Crippen molar-refractivity contribution in [2.75, 3.05) is 0 Å². The van der Waals surface area contributed by atoms with Crippen molar-refractivity contribution < 1.29 is 30.0 Å². The average molecular weight is 882 g/mol. The molecule has 0 aliphatic carbocycles. The van der Waals surface area contributed by atoms with E-state index < -0.39 is 0 Å². The van der Waals surface area contributed by atoms with Gasteiger partial charge in [0.1, 0.15) is 5.76 Å². The zero-order valence-corrected chi connectivity index (χ0v) is 35.7. The standard InChI is InChI=1S/C30H29N2S.C15H28O2.Ir/c1-19(2)14-23-18-32-28(29-25(23)11-13-33-29)21-10-12-31-27(17-21)22-15-20-8-6-7-9-24(20)26(16-22)30(3,4)5;1-7-14(5,8-2)12(16)11-13(17)15(6,9-3)10-4;/h6-13,16-19H,14H2,1-5H3;11,16H,7-10H2,1-6H3;/q-1;;/b;12-11-;. The Bertz CT molecular complexity index is 1960. The van der Waals surface area contributed by atoms with E-state index in [4.69, 9.17) is 9.97 Å². The van der Waals surface area contributed by atoms with Gasteiger partial charge >= 0.3 is 0 Å². The SMILES string of the molecule is CC(C)Cc1cnc(-c2ccnc(-c3[c-]c4ccccc4c(C(C)(C)C)c3)c2)c2sccc12.CCC(C)(CC)C(=O)/C=C(\O)C(C)(CC)CC.[Ir]. The summed E-state index contributed by atoms with van der Waals surface area (Å²) in [5.41, 5.74) is 6.16. The first-order valence-corrected chi connectivity index (χ1v) is 19.2. The fourth-order valence-electron chi connectivity index (χ4n) is 6.22. The second-order valence-electron chi connectivity index (χ2n) is 15.6. The number of hydrogen-bond acceptors (Lipinski definition) is 5. The van der Waals surface area contributed by atoms with Gasteiger partial charge in [0.05, 0.1) is 10.4 Å². The summed E-state index contributed by atoms with van der Waals surface area (Å²) in [5.74, 6) is 0.891. The van der Waals surface area contributed by atoms with Gasteiger partial charge in [-0.15, -0.1) is 40.5 Å². The molecule has 0 bridgehead atoms. The third-order valence-corrected chi connectivity index (χ3v) is 11.6. The number of benzene rings is 2. The van der Waals surface area contributed by atoms with Gasteiger partial charge in [-0.2, -0.15) is 0 Å². The fraction of sp³-hybridized carbons (Fsp3) is 0.444. The summed E-state index contributed by atoms with van der Waals surface area (Å²) in [7, 11) is 0. The molecule has 0 aliphatic heterocycles. The molecule has 0 amide bonds. The van der Waals surface area contributed by atoms with Crippen LogP contribution in [0.25, 0.3) is 43.4 Å². The van der Waals surface area contributed by atoms with E-state index in [0.717, 1.165) is 60.0 Å². The van der Waals surface area contributed by atoms with Crippen molar-refractivity contribution in [1.29, 1.82) is 0 Å². The van der Waals surface area contributed by atoms with E-state index in [1.54, 1.807) is 11.3 Å². The van der Waals surface area contributed by atoms with Crippen LogP contribution < -0.4 is 0 Å². The van der Waals surface area contributed by atoms with Crippen LogP contribution in [0.2, 0.25) is 0 Å². The van der Waals surface area contributed by atoms with Crippen LogP contribution in [0.15, 0.2) is 78.1 Å². The number of rotatable bonds is 11. The first-order chi connectivity index (χ1) is 23.6. The number of carbonyl (C=O) groups excluding carboxylic acids is 1. The molecule has 1 N–H and O–H groups in total. The first-order valence-electron chi connectivity index (χ1n) is 18.3. The summed E-state index contributed by atoms with van der Waals surface area (Å²) in [4.78, 5) is 21.8. The molecule has 275 valence electrons. The molecule has 0 fully saturated rings. The summed E-state index contributed by atoms with van der Waals surface area (Å²) in [6.45, 7) is 23.4. The van der Waals surface area contributed by atoms with Gasteiger partial charge in [0, 0.05) is 55.1 Å². The van der Waals surface area contributed by atoms with Gasteiger partial charge in [-0.1, -0.05) is 111 Å². The number of thiophene rings is 1. The molecule has 6 heteroatoms. The number of fused-ring (bicyclic) bond motifs is 2. The molecular formula is C45H57IrN2O2S-. The number of ketones is 1. The monoisotopic (exact) mass is 882 g/mol. The van der Waals surface area contributed by atoms with Crippen molar-refractivity contribution in [3.05, 3.63) is 95.3 Å². The van der Waals surface area contributed by atoms with Crippen LogP contribution in [-0.4, -0.2) is 20.9 Å². The fourth-order valence-corrected chi connectivity index (χ4v) is 7.17. The molecule has 4 nitrogen and oxygen atoms in total. The van der Waals surface area contributed by atoms with Gasteiger partial charge in [0.15, 0.2) is 5.78 Å². The minimum absolute atomic E-state index is 0. The normalized spacial score (nSPS) is 12.5. The van der Waals surface area contributed by atoms with Gasteiger partial charge in [-0.3, -0.25) is 14.8 Å². The van der Waals surface area contributed by atoms with Gasteiger partial charge in [0.25, 0.3) is 0 Å². The van der Waals surface area contributed by atoms with E-state index >= 15 is 0 Å². The summed E-state index contributed by atoms with van der Waals surface area (Å²) in [6, 6.07) is 20.9. The van der Waals surface area contributed by atoms with Crippen LogP contribution >= 0.6 is 11.3 Å². The molecule has 5 rings (SSSR count). The molecule has 0 aliphatic rings. The van der Waals surface area contributed by atoms with E-state index in [9.17, 15) is 9.90 Å². The number of allylic oxidation sites excluding steroid dienone is 2. The van der Waals surface area contributed by atoms with Gasteiger partial charge in [-0.05, 0) is 77.5 Å². The van der Waals surface area contributed by atoms with Crippen molar-refractivity contribution in [2.24, 2.45) is 16.7 Å². The van der Waals surface area contributed by atoms with E-state index in [1.807, 2.05) is 47.7 Å². The molecule has 0 atom stereocenters. The van der Waals surface area contributed by atoms with Crippen molar-refractivity contribution in [1.82, 2.24) is 9.97 Å². The maximum absolute atomic E-state index is 12.2. The summed E-state index contributed by atoms with van der Waals surface area (Å²) in [5, 5.41) is 16.0. The van der Waals surface area contributed by atoms with Crippen molar-refractivity contribution in [2.45, 2.75) is 114 Å². The Morgan fingerprint density at radius 2 is 1.53 bits per heavy atom. The predicted octanol–water partition coefficient (Wildman–Crippen LogP) is 13.1. The summed E-state index contributed by atoms with van der Waals surface area (Å²) >= 11 is 1.77. The van der Waals surface area contributed by atoms with Crippen molar-refractivity contribution >= 4 is 38.0 Å². The molecule has 1 radical (unpaired) electrons. The molecule has 0 saturated carbocycles. The van der Waals surface area contributed by atoms with E-state index in [1.165, 1.54) is 32.7 Å². The second kappa shape index (κ2) is 17.6. The van der Waals surface area contributed by atoms with Crippen LogP contribution in [0.1, 0.15) is 113 Å². The van der Waals surface area contributed by atoms with Crippen molar-refractivity contribution in [3.63, 3.8) is 0 Å². The largest absolute Gasteiger partial charge is 0.512 e. The Kier molecular flexibility index (Phi) is 14.5. The van der Waals surface area contributed by atoms with Gasteiger partial charge in [-0.25, -0.2) is 0 Å². The Hall–Kier alpha value is -3.18. The minimum atomic E-state index is -0.337. The maximum Gasteiger partial charge on any atom is 0.164 e. The van der Waals surface area contributed by atoms with E-state index in [-0.39, 0.29) is 47.9 Å². The average Bonchev–Trinajstić information content (AvgIpc) is 3.61. The molecular weight excluding hydrogens is 825 g/mol. The van der Waals surface area contributed by atoms with E-state index in [2.05, 4.69) is 101 Å².